The molecule has 0 saturated heterocycles. The van der Waals surface area contributed by atoms with Crippen LogP contribution in [0.15, 0.2) is 53.6 Å². The number of fused-ring (bicyclic) bond motifs is 2. The van der Waals surface area contributed by atoms with Gasteiger partial charge in [-0.1, -0.05) is 18.2 Å². The molecule has 6 nitrogen and oxygen atoms in total. The van der Waals surface area contributed by atoms with E-state index in [1.165, 1.54) is 0 Å². The lowest BCUT2D eigenvalue weighted by Crippen LogP contribution is -2.15. The van der Waals surface area contributed by atoms with Gasteiger partial charge in [-0.05, 0) is 42.3 Å². The summed E-state index contributed by atoms with van der Waals surface area (Å²) in [4.78, 5) is 16.0. The molecule has 0 unspecified atom stereocenters. The highest BCUT2D eigenvalue weighted by atomic mass is 32.2. The van der Waals surface area contributed by atoms with E-state index >= 15 is 0 Å². The molecular formula is C18H15N3O3S. The number of pyridine rings is 1. The number of amides is 1. The van der Waals surface area contributed by atoms with E-state index in [1.54, 1.807) is 43.5 Å². The Hall–Kier alpha value is -2.93. The Morgan fingerprint density at radius 3 is 2.84 bits per heavy atom. The normalized spacial score (nSPS) is 13.6. The maximum atomic E-state index is 13.0. The number of carbonyl (C=O) groups excluding carboxylic acids is 1. The first-order valence-corrected chi connectivity index (χ1v) is 9.22. The molecule has 1 aliphatic heterocycles. The Kier molecular flexibility index (Phi) is 3.47. The topological polar surface area (TPSA) is 88.2 Å². The molecule has 25 heavy (non-hydrogen) atoms. The summed E-state index contributed by atoms with van der Waals surface area (Å²) in [6.45, 7) is 2.15. The first-order valence-electron chi connectivity index (χ1n) is 7.74. The molecular weight excluding hydrogens is 338 g/mol. The summed E-state index contributed by atoms with van der Waals surface area (Å²) in [5, 5.41) is 3.48. The van der Waals surface area contributed by atoms with E-state index in [2.05, 4.69) is 15.0 Å². The van der Waals surface area contributed by atoms with Crippen LogP contribution in [0.2, 0.25) is 0 Å². The fourth-order valence-corrected chi connectivity index (χ4v) is 4.52. The number of hydrogen-bond acceptors (Lipinski definition) is 4. The van der Waals surface area contributed by atoms with Crippen LogP contribution >= 0.6 is 0 Å². The molecule has 1 aromatic heterocycles. The lowest BCUT2D eigenvalue weighted by atomic mass is 10.1. The largest absolute Gasteiger partial charge is 0.348 e. The van der Waals surface area contributed by atoms with Crippen LogP contribution in [0.25, 0.3) is 10.9 Å². The molecule has 7 heteroatoms. The zero-order chi connectivity index (χ0) is 17.6. The Labute approximate surface area is 145 Å². The number of hydrogen-bond donors (Lipinski definition) is 2. The van der Waals surface area contributed by atoms with E-state index < -0.39 is 10.0 Å². The summed E-state index contributed by atoms with van der Waals surface area (Å²) in [6.07, 6.45) is 1.58. The second-order valence-corrected chi connectivity index (χ2v) is 7.57. The number of carbonyl (C=O) groups is 1. The number of aryl methyl sites for hydroxylation is 1. The molecule has 1 amide bonds. The third kappa shape index (κ3) is 2.62. The second kappa shape index (κ2) is 5.56. The number of aromatic nitrogens is 1. The van der Waals surface area contributed by atoms with Gasteiger partial charge in [0, 0.05) is 29.4 Å². The van der Waals surface area contributed by atoms with Crippen molar-refractivity contribution in [1.29, 1.82) is 0 Å². The van der Waals surface area contributed by atoms with E-state index in [1.807, 2.05) is 12.1 Å². The van der Waals surface area contributed by atoms with Crippen LogP contribution in [0, 0.1) is 6.92 Å². The van der Waals surface area contributed by atoms with Crippen molar-refractivity contribution in [3.63, 3.8) is 0 Å². The highest BCUT2D eigenvalue weighted by Gasteiger charge is 2.23. The molecule has 0 bridgehead atoms. The third-order valence-corrected chi connectivity index (χ3v) is 5.79. The summed E-state index contributed by atoms with van der Waals surface area (Å²) < 4.78 is 28.5. The summed E-state index contributed by atoms with van der Waals surface area (Å²) in [5.41, 5.74) is 2.83. The quantitative estimate of drug-likeness (QED) is 0.757. The Balaban J connectivity index is 1.79. The van der Waals surface area contributed by atoms with Crippen LogP contribution in [0.1, 0.15) is 21.5 Å². The van der Waals surface area contributed by atoms with Crippen molar-refractivity contribution < 1.29 is 13.2 Å². The van der Waals surface area contributed by atoms with Gasteiger partial charge in [0.05, 0.1) is 5.52 Å². The van der Waals surface area contributed by atoms with Gasteiger partial charge in [0.1, 0.15) is 4.90 Å². The van der Waals surface area contributed by atoms with Gasteiger partial charge >= 0.3 is 0 Å². The van der Waals surface area contributed by atoms with E-state index in [-0.39, 0.29) is 10.8 Å². The summed E-state index contributed by atoms with van der Waals surface area (Å²) >= 11 is 0. The standard InChI is InChI=1S/C18H15N3O3S/c1-11-4-5-12-3-2-8-19-16(12)17(11)25(23,24)21-14-6-7-15-13(9-14)10-20-18(15)22/h2-9,21H,10H2,1H3,(H,20,22). The monoisotopic (exact) mass is 353 g/mol. The zero-order valence-electron chi connectivity index (χ0n) is 13.4. The van der Waals surface area contributed by atoms with Crippen molar-refractivity contribution >= 4 is 32.5 Å². The summed E-state index contributed by atoms with van der Waals surface area (Å²) in [7, 11) is -3.82. The fourth-order valence-electron chi connectivity index (χ4n) is 3.06. The van der Waals surface area contributed by atoms with Gasteiger partial charge in [0.2, 0.25) is 0 Å². The summed E-state index contributed by atoms with van der Waals surface area (Å²) in [5.74, 6) is -0.140. The van der Waals surface area contributed by atoms with Gasteiger partial charge < -0.3 is 5.32 Å². The second-order valence-electron chi connectivity index (χ2n) is 5.95. The minimum absolute atomic E-state index is 0.140. The van der Waals surface area contributed by atoms with Crippen molar-refractivity contribution in [3.05, 3.63) is 65.4 Å². The van der Waals surface area contributed by atoms with Crippen molar-refractivity contribution in [3.8, 4) is 0 Å². The van der Waals surface area contributed by atoms with Crippen LogP contribution in [0.4, 0.5) is 5.69 Å². The molecule has 0 saturated carbocycles. The maximum Gasteiger partial charge on any atom is 0.264 e. The maximum absolute atomic E-state index is 13.0. The van der Waals surface area contributed by atoms with Crippen molar-refractivity contribution in [2.24, 2.45) is 0 Å². The van der Waals surface area contributed by atoms with Crippen LogP contribution in [-0.2, 0) is 16.6 Å². The molecule has 126 valence electrons. The predicted octanol–water partition coefficient (Wildman–Crippen LogP) is 2.59. The molecule has 2 N–H and O–H groups in total. The van der Waals surface area contributed by atoms with Gasteiger partial charge in [-0.25, -0.2) is 8.42 Å². The Morgan fingerprint density at radius 2 is 2.00 bits per heavy atom. The molecule has 0 atom stereocenters. The van der Waals surface area contributed by atoms with E-state index in [0.717, 1.165) is 10.9 Å². The SMILES string of the molecule is Cc1ccc2cccnc2c1S(=O)(=O)Nc1ccc2c(c1)CNC2=O. The van der Waals surface area contributed by atoms with Gasteiger partial charge in [0.15, 0.2) is 0 Å². The zero-order valence-corrected chi connectivity index (χ0v) is 14.2. The molecule has 0 radical (unpaired) electrons. The molecule has 0 aliphatic carbocycles. The van der Waals surface area contributed by atoms with Crippen molar-refractivity contribution in [1.82, 2.24) is 10.3 Å². The smallest absolute Gasteiger partial charge is 0.264 e. The molecule has 4 rings (SSSR count). The molecule has 1 aliphatic rings. The van der Waals surface area contributed by atoms with Crippen LogP contribution in [-0.4, -0.2) is 19.3 Å². The minimum Gasteiger partial charge on any atom is -0.348 e. The molecule has 0 fully saturated rings. The molecule has 0 spiro atoms. The number of anilines is 1. The van der Waals surface area contributed by atoms with Crippen molar-refractivity contribution in [2.45, 2.75) is 18.4 Å². The van der Waals surface area contributed by atoms with E-state index in [4.69, 9.17) is 0 Å². The number of nitrogens with zero attached hydrogens (tertiary/aromatic N) is 1. The molecule has 3 aromatic rings. The molecule has 2 heterocycles. The first-order chi connectivity index (χ1) is 12.0. The van der Waals surface area contributed by atoms with Gasteiger partial charge in [-0.3, -0.25) is 14.5 Å². The Bertz CT molecular complexity index is 1120. The molecule has 2 aromatic carbocycles. The predicted molar refractivity (Wildman–Crippen MR) is 94.9 cm³/mol. The lowest BCUT2D eigenvalue weighted by molar-refractivity contribution is 0.0965. The van der Waals surface area contributed by atoms with Gasteiger partial charge in [-0.15, -0.1) is 0 Å². The fraction of sp³-hybridized carbons (Fsp3) is 0.111. The number of rotatable bonds is 3. The number of nitrogens with one attached hydrogen (secondary N) is 2. The first kappa shape index (κ1) is 15.6. The van der Waals surface area contributed by atoms with E-state index in [9.17, 15) is 13.2 Å². The van der Waals surface area contributed by atoms with Gasteiger partial charge in [0.25, 0.3) is 15.9 Å². The Morgan fingerprint density at radius 1 is 1.16 bits per heavy atom. The average molecular weight is 353 g/mol. The van der Waals surface area contributed by atoms with Crippen LogP contribution in [0.5, 0.6) is 0 Å². The minimum atomic E-state index is -3.82. The van der Waals surface area contributed by atoms with E-state index in [0.29, 0.717) is 28.9 Å². The average Bonchev–Trinajstić information content (AvgIpc) is 2.94. The highest BCUT2D eigenvalue weighted by Crippen LogP contribution is 2.28. The van der Waals surface area contributed by atoms with Crippen LogP contribution in [0.3, 0.4) is 0 Å². The number of sulfonamides is 1. The highest BCUT2D eigenvalue weighted by molar-refractivity contribution is 7.93. The third-order valence-electron chi connectivity index (χ3n) is 4.24. The summed E-state index contributed by atoms with van der Waals surface area (Å²) in [6, 6.07) is 12.1. The lowest BCUT2D eigenvalue weighted by Gasteiger charge is -2.13. The van der Waals surface area contributed by atoms with Crippen molar-refractivity contribution in [2.75, 3.05) is 4.72 Å². The van der Waals surface area contributed by atoms with Gasteiger partial charge in [-0.2, -0.15) is 0 Å². The number of benzene rings is 2. The van der Waals surface area contributed by atoms with Crippen LogP contribution < -0.4 is 10.0 Å².